The summed E-state index contributed by atoms with van der Waals surface area (Å²) in [6, 6.07) is 0.243. The van der Waals surface area contributed by atoms with Crippen molar-refractivity contribution >= 4 is 5.91 Å². The highest BCUT2D eigenvalue weighted by molar-refractivity contribution is 5.78. The SMILES string of the molecule is CCCCN(CC)CC(=O)NC(C)C. The molecule has 0 aliphatic carbocycles. The summed E-state index contributed by atoms with van der Waals surface area (Å²) in [6.07, 6.45) is 2.35. The first-order chi connectivity index (χ1) is 6.60. The summed E-state index contributed by atoms with van der Waals surface area (Å²) in [6.45, 7) is 10.7. The van der Waals surface area contributed by atoms with Gasteiger partial charge in [0.25, 0.3) is 0 Å². The van der Waals surface area contributed by atoms with Crippen LogP contribution in [0.1, 0.15) is 40.5 Å². The topological polar surface area (TPSA) is 32.3 Å². The first-order valence-corrected chi connectivity index (χ1v) is 5.61. The van der Waals surface area contributed by atoms with Crippen molar-refractivity contribution in [3.8, 4) is 0 Å². The van der Waals surface area contributed by atoms with Gasteiger partial charge in [0.2, 0.25) is 5.91 Å². The minimum absolute atomic E-state index is 0.137. The Morgan fingerprint density at radius 2 is 2.00 bits per heavy atom. The Bertz CT molecular complexity index is 157. The molecule has 0 saturated heterocycles. The number of unbranched alkanes of at least 4 members (excludes halogenated alkanes) is 1. The van der Waals surface area contributed by atoms with Gasteiger partial charge in [-0.2, -0.15) is 0 Å². The van der Waals surface area contributed by atoms with Crippen LogP contribution >= 0.6 is 0 Å². The van der Waals surface area contributed by atoms with Gasteiger partial charge in [-0.15, -0.1) is 0 Å². The molecular formula is C11H24N2O. The Hall–Kier alpha value is -0.570. The summed E-state index contributed by atoms with van der Waals surface area (Å²) in [5.41, 5.74) is 0. The summed E-state index contributed by atoms with van der Waals surface area (Å²) in [7, 11) is 0. The zero-order chi connectivity index (χ0) is 11.0. The molecule has 1 amide bonds. The van der Waals surface area contributed by atoms with E-state index in [-0.39, 0.29) is 11.9 Å². The van der Waals surface area contributed by atoms with Crippen LogP contribution in [0.3, 0.4) is 0 Å². The standard InChI is InChI=1S/C11H24N2O/c1-5-7-8-13(6-2)9-11(14)12-10(3)4/h10H,5-9H2,1-4H3,(H,12,14). The van der Waals surface area contributed by atoms with Crippen LogP contribution in [0, 0.1) is 0 Å². The third-order valence-corrected chi connectivity index (χ3v) is 2.09. The summed E-state index contributed by atoms with van der Waals surface area (Å²) in [5, 5.41) is 2.90. The number of likely N-dealkylation sites (N-methyl/N-ethyl adjacent to an activating group) is 1. The third kappa shape index (κ3) is 6.89. The highest BCUT2D eigenvalue weighted by Crippen LogP contribution is 1.94. The second-order valence-corrected chi connectivity index (χ2v) is 3.94. The van der Waals surface area contributed by atoms with Crippen molar-refractivity contribution in [1.82, 2.24) is 10.2 Å². The molecule has 0 aromatic rings. The maximum absolute atomic E-state index is 11.4. The highest BCUT2D eigenvalue weighted by atomic mass is 16.2. The normalized spacial score (nSPS) is 11.0. The molecule has 0 aromatic heterocycles. The molecule has 0 unspecified atom stereocenters. The number of hydrogen-bond donors (Lipinski definition) is 1. The van der Waals surface area contributed by atoms with Crippen molar-refractivity contribution in [2.24, 2.45) is 0 Å². The van der Waals surface area contributed by atoms with Gasteiger partial charge in [0, 0.05) is 6.04 Å². The van der Waals surface area contributed by atoms with Crippen LogP contribution in [0.5, 0.6) is 0 Å². The average Bonchev–Trinajstić information content (AvgIpc) is 2.10. The van der Waals surface area contributed by atoms with Gasteiger partial charge in [0.05, 0.1) is 6.54 Å². The summed E-state index contributed by atoms with van der Waals surface area (Å²) >= 11 is 0. The van der Waals surface area contributed by atoms with Crippen molar-refractivity contribution in [3.05, 3.63) is 0 Å². The molecule has 84 valence electrons. The van der Waals surface area contributed by atoms with Crippen LogP contribution in [-0.2, 0) is 4.79 Å². The van der Waals surface area contributed by atoms with E-state index in [0.29, 0.717) is 6.54 Å². The van der Waals surface area contributed by atoms with Crippen LogP contribution < -0.4 is 5.32 Å². The van der Waals surface area contributed by atoms with Crippen molar-refractivity contribution in [2.45, 2.75) is 46.6 Å². The van der Waals surface area contributed by atoms with Gasteiger partial charge in [-0.3, -0.25) is 9.69 Å². The fourth-order valence-corrected chi connectivity index (χ4v) is 1.30. The molecule has 0 aliphatic heterocycles. The zero-order valence-corrected chi connectivity index (χ0v) is 9.97. The number of carbonyl (C=O) groups is 1. The highest BCUT2D eigenvalue weighted by Gasteiger charge is 2.08. The number of amides is 1. The number of nitrogens with one attached hydrogen (secondary N) is 1. The van der Waals surface area contributed by atoms with E-state index in [1.165, 1.54) is 12.8 Å². The first kappa shape index (κ1) is 13.4. The van der Waals surface area contributed by atoms with Crippen LogP contribution in [-0.4, -0.2) is 36.5 Å². The Kier molecular flexibility index (Phi) is 7.48. The lowest BCUT2D eigenvalue weighted by molar-refractivity contribution is -0.122. The van der Waals surface area contributed by atoms with Crippen LogP contribution in [0.15, 0.2) is 0 Å². The molecule has 3 heteroatoms. The molecule has 0 saturated carbocycles. The lowest BCUT2D eigenvalue weighted by atomic mass is 10.3. The number of nitrogens with zero attached hydrogens (tertiary/aromatic N) is 1. The van der Waals surface area contributed by atoms with E-state index in [1.807, 2.05) is 13.8 Å². The van der Waals surface area contributed by atoms with Crippen LogP contribution in [0.25, 0.3) is 0 Å². The predicted molar refractivity (Wildman–Crippen MR) is 60.3 cm³/mol. The molecule has 3 nitrogen and oxygen atoms in total. The van der Waals surface area contributed by atoms with Crippen LogP contribution in [0.4, 0.5) is 0 Å². The van der Waals surface area contributed by atoms with Gasteiger partial charge in [-0.25, -0.2) is 0 Å². The smallest absolute Gasteiger partial charge is 0.234 e. The molecule has 0 fully saturated rings. The second-order valence-electron chi connectivity index (χ2n) is 3.94. The number of rotatable bonds is 7. The molecule has 0 aliphatic rings. The molecule has 1 N–H and O–H groups in total. The quantitative estimate of drug-likeness (QED) is 0.677. The average molecular weight is 200 g/mol. The maximum Gasteiger partial charge on any atom is 0.234 e. The van der Waals surface area contributed by atoms with Crippen molar-refractivity contribution in [3.63, 3.8) is 0 Å². The first-order valence-electron chi connectivity index (χ1n) is 5.61. The molecule has 0 bridgehead atoms. The van der Waals surface area contributed by atoms with Crippen LogP contribution in [0.2, 0.25) is 0 Å². The van der Waals surface area contributed by atoms with Gasteiger partial charge in [-0.1, -0.05) is 20.3 Å². The summed E-state index contributed by atoms with van der Waals surface area (Å²) < 4.78 is 0. The van der Waals surface area contributed by atoms with E-state index >= 15 is 0 Å². The van der Waals surface area contributed by atoms with E-state index < -0.39 is 0 Å². The van der Waals surface area contributed by atoms with E-state index in [4.69, 9.17) is 0 Å². The van der Waals surface area contributed by atoms with Gasteiger partial charge in [-0.05, 0) is 33.4 Å². The van der Waals surface area contributed by atoms with Gasteiger partial charge >= 0.3 is 0 Å². The predicted octanol–water partition coefficient (Wildman–Crippen LogP) is 1.63. The van der Waals surface area contributed by atoms with Gasteiger partial charge in [0.1, 0.15) is 0 Å². The Morgan fingerprint density at radius 1 is 1.36 bits per heavy atom. The molecular weight excluding hydrogens is 176 g/mol. The van der Waals surface area contributed by atoms with Gasteiger partial charge in [0.15, 0.2) is 0 Å². The summed E-state index contributed by atoms with van der Waals surface area (Å²) in [5.74, 6) is 0.137. The van der Waals surface area contributed by atoms with E-state index in [2.05, 4.69) is 24.1 Å². The second kappa shape index (κ2) is 7.80. The zero-order valence-electron chi connectivity index (χ0n) is 9.97. The Morgan fingerprint density at radius 3 is 2.43 bits per heavy atom. The van der Waals surface area contributed by atoms with Gasteiger partial charge < -0.3 is 5.32 Å². The number of carbonyl (C=O) groups excluding carboxylic acids is 1. The van der Waals surface area contributed by atoms with Crippen molar-refractivity contribution < 1.29 is 4.79 Å². The summed E-state index contributed by atoms with van der Waals surface area (Å²) in [4.78, 5) is 13.6. The maximum atomic E-state index is 11.4. The van der Waals surface area contributed by atoms with Crippen molar-refractivity contribution in [2.75, 3.05) is 19.6 Å². The lowest BCUT2D eigenvalue weighted by Gasteiger charge is -2.20. The molecule has 0 heterocycles. The van der Waals surface area contributed by atoms with E-state index in [1.54, 1.807) is 0 Å². The molecule has 14 heavy (non-hydrogen) atoms. The minimum Gasteiger partial charge on any atom is -0.353 e. The molecule has 0 spiro atoms. The van der Waals surface area contributed by atoms with E-state index in [9.17, 15) is 4.79 Å². The van der Waals surface area contributed by atoms with Crippen molar-refractivity contribution in [1.29, 1.82) is 0 Å². The molecule has 0 atom stereocenters. The lowest BCUT2D eigenvalue weighted by Crippen LogP contribution is -2.40. The molecule has 0 rings (SSSR count). The Balaban J connectivity index is 3.74. The minimum atomic E-state index is 0.137. The Labute approximate surface area is 87.9 Å². The number of hydrogen-bond acceptors (Lipinski definition) is 2. The largest absolute Gasteiger partial charge is 0.353 e. The fraction of sp³-hybridized carbons (Fsp3) is 0.909. The molecule has 0 aromatic carbocycles. The fourth-order valence-electron chi connectivity index (χ4n) is 1.30. The monoisotopic (exact) mass is 200 g/mol. The molecule has 0 radical (unpaired) electrons. The third-order valence-electron chi connectivity index (χ3n) is 2.09. The van der Waals surface area contributed by atoms with E-state index in [0.717, 1.165) is 13.1 Å².